The first kappa shape index (κ1) is 15.7. The van der Waals surface area contributed by atoms with Gasteiger partial charge in [0.15, 0.2) is 0 Å². The zero-order valence-electron chi connectivity index (χ0n) is 12.9. The molecule has 0 fully saturated rings. The zero-order chi connectivity index (χ0) is 15.0. The highest BCUT2D eigenvalue weighted by Gasteiger charge is 2.33. The predicted molar refractivity (Wildman–Crippen MR) is 86.4 cm³/mol. The molecule has 0 heterocycles. The molecule has 0 saturated carbocycles. The minimum absolute atomic E-state index is 0.379. The number of hydrogen-bond donors (Lipinski definition) is 0. The zero-order valence-corrected chi connectivity index (χ0v) is 12.9. The van der Waals surface area contributed by atoms with Crippen molar-refractivity contribution in [1.82, 2.24) is 0 Å². The summed E-state index contributed by atoms with van der Waals surface area (Å²) in [4.78, 5) is 0. The second-order valence-electron chi connectivity index (χ2n) is 5.21. The van der Waals surface area contributed by atoms with E-state index in [1.807, 2.05) is 12.1 Å². The van der Waals surface area contributed by atoms with Crippen LogP contribution in [-0.4, -0.2) is 20.8 Å². The summed E-state index contributed by atoms with van der Waals surface area (Å²) in [5.41, 5.74) is 2.03. The molecule has 0 bridgehead atoms. The van der Waals surface area contributed by atoms with Crippen LogP contribution in [-0.2, 0) is 15.1 Å². The molecular formula is C19H24O2. The monoisotopic (exact) mass is 284 g/mol. The average molecular weight is 284 g/mol. The van der Waals surface area contributed by atoms with Crippen LogP contribution < -0.4 is 0 Å². The van der Waals surface area contributed by atoms with Crippen molar-refractivity contribution in [2.75, 3.05) is 20.8 Å². The molecule has 2 heteroatoms. The third-order valence-electron chi connectivity index (χ3n) is 3.96. The molecule has 0 saturated heterocycles. The van der Waals surface area contributed by atoms with Crippen molar-refractivity contribution in [3.05, 3.63) is 71.8 Å². The maximum absolute atomic E-state index is 6.05. The summed E-state index contributed by atoms with van der Waals surface area (Å²) in [6, 6.07) is 20.9. The summed E-state index contributed by atoms with van der Waals surface area (Å²) in [5, 5.41) is 0. The topological polar surface area (TPSA) is 18.5 Å². The number of hydrogen-bond acceptors (Lipinski definition) is 2. The number of rotatable bonds is 8. The van der Waals surface area contributed by atoms with Crippen molar-refractivity contribution in [1.29, 1.82) is 0 Å². The molecule has 0 aliphatic carbocycles. The number of unbranched alkanes of at least 4 members (excludes halogenated alkanes) is 1. The van der Waals surface area contributed by atoms with Gasteiger partial charge < -0.3 is 9.47 Å². The summed E-state index contributed by atoms with van der Waals surface area (Å²) in [5.74, 6) is 0. The van der Waals surface area contributed by atoms with E-state index in [9.17, 15) is 0 Å². The Morgan fingerprint density at radius 1 is 0.762 bits per heavy atom. The van der Waals surface area contributed by atoms with Gasteiger partial charge in [-0.25, -0.2) is 0 Å². The van der Waals surface area contributed by atoms with Crippen molar-refractivity contribution in [3.8, 4) is 0 Å². The maximum atomic E-state index is 6.05. The Balaban J connectivity index is 2.32. The minimum atomic E-state index is -0.379. The highest BCUT2D eigenvalue weighted by atomic mass is 16.5. The standard InChI is InChI=1S/C19H24O2/c1-20-16-10-9-15-19(21-2,17-11-5-3-6-12-17)18-13-7-4-8-14-18/h3-8,11-14H,9-10,15-16H2,1-2H3. The Bertz CT molecular complexity index is 468. The van der Waals surface area contributed by atoms with Gasteiger partial charge in [-0.3, -0.25) is 0 Å². The van der Waals surface area contributed by atoms with Crippen LogP contribution in [0.4, 0.5) is 0 Å². The molecular weight excluding hydrogens is 260 g/mol. The van der Waals surface area contributed by atoms with Crippen LogP contribution in [0.3, 0.4) is 0 Å². The Kier molecular flexibility index (Phi) is 5.97. The van der Waals surface area contributed by atoms with Crippen LogP contribution >= 0.6 is 0 Å². The van der Waals surface area contributed by atoms with Gasteiger partial charge in [0.25, 0.3) is 0 Å². The van der Waals surface area contributed by atoms with Crippen LogP contribution in [0.15, 0.2) is 60.7 Å². The van der Waals surface area contributed by atoms with E-state index in [2.05, 4.69) is 48.5 Å². The van der Waals surface area contributed by atoms with Gasteiger partial charge in [-0.05, 0) is 30.4 Å². The average Bonchev–Trinajstić information content (AvgIpc) is 2.57. The normalized spacial score (nSPS) is 11.5. The lowest BCUT2D eigenvalue weighted by molar-refractivity contribution is 0.0110. The molecule has 0 radical (unpaired) electrons. The Labute approximate surface area is 127 Å². The fourth-order valence-corrected chi connectivity index (χ4v) is 2.83. The molecule has 2 aromatic rings. The van der Waals surface area contributed by atoms with Crippen LogP contribution in [0.2, 0.25) is 0 Å². The Morgan fingerprint density at radius 3 is 1.71 bits per heavy atom. The van der Waals surface area contributed by atoms with Gasteiger partial charge in [0.1, 0.15) is 5.60 Å². The predicted octanol–water partition coefficient (Wildman–Crippen LogP) is 4.39. The minimum Gasteiger partial charge on any atom is -0.385 e. The maximum Gasteiger partial charge on any atom is 0.118 e. The van der Waals surface area contributed by atoms with Crippen molar-refractivity contribution < 1.29 is 9.47 Å². The van der Waals surface area contributed by atoms with Gasteiger partial charge in [-0.2, -0.15) is 0 Å². The smallest absolute Gasteiger partial charge is 0.118 e. The van der Waals surface area contributed by atoms with E-state index < -0.39 is 0 Å². The first-order chi connectivity index (χ1) is 10.3. The highest BCUT2D eigenvalue weighted by Crippen LogP contribution is 2.37. The summed E-state index contributed by atoms with van der Waals surface area (Å²) >= 11 is 0. The molecule has 0 unspecified atom stereocenters. The Hall–Kier alpha value is -1.64. The van der Waals surface area contributed by atoms with Crippen LogP contribution in [0.1, 0.15) is 30.4 Å². The summed E-state index contributed by atoms with van der Waals surface area (Å²) in [6.45, 7) is 0.795. The van der Waals surface area contributed by atoms with Crippen LogP contribution in [0.25, 0.3) is 0 Å². The molecule has 0 aliphatic rings. The summed E-state index contributed by atoms with van der Waals surface area (Å²) in [6.07, 6.45) is 3.05. The van der Waals surface area contributed by atoms with Gasteiger partial charge in [-0.1, -0.05) is 60.7 Å². The first-order valence-electron chi connectivity index (χ1n) is 7.48. The van der Waals surface area contributed by atoms with E-state index in [0.29, 0.717) is 0 Å². The van der Waals surface area contributed by atoms with Gasteiger partial charge in [0.2, 0.25) is 0 Å². The van der Waals surface area contributed by atoms with Gasteiger partial charge in [0, 0.05) is 20.8 Å². The van der Waals surface area contributed by atoms with E-state index in [0.717, 1.165) is 25.9 Å². The summed E-state index contributed by atoms with van der Waals surface area (Å²) in [7, 11) is 3.55. The molecule has 2 rings (SSSR count). The second kappa shape index (κ2) is 7.96. The van der Waals surface area contributed by atoms with Gasteiger partial charge >= 0.3 is 0 Å². The first-order valence-corrected chi connectivity index (χ1v) is 7.48. The molecule has 112 valence electrons. The highest BCUT2D eigenvalue weighted by molar-refractivity contribution is 5.36. The SMILES string of the molecule is COCCCCC(OC)(c1ccccc1)c1ccccc1. The van der Waals surface area contributed by atoms with Crippen molar-refractivity contribution in [2.24, 2.45) is 0 Å². The number of ether oxygens (including phenoxy) is 2. The van der Waals surface area contributed by atoms with Crippen molar-refractivity contribution in [2.45, 2.75) is 24.9 Å². The molecule has 0 spiro atoms. The van der Waals surface area contributed by atoms with E-state index in [1.165, 1.54) is 11.1 Å². The van der Waals surface area contributed by atoms with Gasteiger partial charge in [-0.15, -0.1) is 0 Å². The van der Waals surface area contributed by atoms with E-state index in [-0.39, 0.29) is 5.60 Å². The second-order valence-corrected chi connectivity index (χ2v) is 5.21. The number of methoxy groups -OCH3 is 2. The quantitative estimate of drug-likeness (QED) is 0.669. The number of benzene rings is 2. The molecule has 0 amide bonds. The van der Waals surface area contributed by atoms with Crippen molar-refractivity contribution in [3.63, 3.8) is 0 Å². The van der Waals surface area contributed by atoms with E-state index in [4.69, 9.17) is 9.47 Å². The van der Waals surface area contributed by atoms with Crippen LogP contribution in [0.5, 0.6) is 0 Å². The molecule has 0 aromatic heterocycles. The lowest BCUT2D eigenvalue weighted by atomic mass is 9.82. The molecule has 0 aliphatic heterocycles. The third kappa shape index (κ3) is 3.72. The summed E-state index contributed by atoms with van der Waals surface area (Å²) < 4.78 is 11.2. The molecule has 2 nitrogen and oxygen atoms in total. The molecule has 0 N–H and O–H groups in total. The lowest BCUT2D eigenvalue weighted by Crippen LogP contribution is -2.30. The molecule has 21 heavy (non-hydrogen) atoms. The van der Waals surface area contributed by atoms with Crippen molar-refractivity contribution >= 4 is 0 Å². The fraction of sp³-hybridized carbons (Fsp3) is 0.368. The van der Waals surface area contributed by atoms with Gasteiger partial charge in [0.05, 0.1) is 0 Å². The molecule has 2 aromatic carbocycles. The fourth-order valence-electron chi connectivity index (χ4n) is 2.83. The lowest BCUT2D eigenvalue weighted by Gasteiger charge is -2.34. The van der Waals surface area contributed by atoms with E-state index in [1.54, 1.807) is 14.2 Å². The van der Waals surface area contributed by atoms with E-state index >= 15 is 0 Å². The molecule has 0 atom stereocenters. The largest absolute Gasteiger partial charge is 0.385 e. The van der Waals surface area contributed by atoms with Crippen LogP contribution in [0, 0.1) is 0 Å². The Morgan fingerprint density at radius 2 is 1.29 bits per heavy atom. The third-order valence-corrected chi connectivity index (χ3v) is 3.96.